The molecule has 0 aliphatic carbocycles. The van der Waals surface area contributed by atoms with Gasteiger partial charge in [-0.1, -0.05) is 0 Å². The SMILES string of the molecule is O=C(O)CCNC(=O)CC1CCCN(CCC2CCNCC2)C1=O. The summed E-state index contributed by atoms with van der Waals surface area (Å²) in [5.74, 6) is -0.637. The third-order valence-electron chi connectivity index (χ3n) is 5.00. The van der Waals surface area contributed by atoms with Crippen molar-refractivity contribution in [3.8, 4) is 0 Å². The van der Waals surface area contributed by atoms with Crippen molar-refractivity contribution in [2.75, 3.05) is 32.7 Å². The minimum atomic E-state index is -0.937. The number of nitrogens with one attached hydrogen (secondary N) is 2. The molecule has 0 saturated carbocycles. The van der Waals surface area contributed by atoms with Crippen molar-refractivity contribution >= 4 is 17.8 Å². The van der Waals surface area contributed by atoms with Gasteiger partial charge in [0, 0.05) is 32.0 Å². The number of likely N-dealkylation sites (tertiary alicyclic amines) is 1. The van der Waals surface area contributed by atoms with Crippen LogP contribution in [-0.4, -0.2) is 60.5 Å². The molecule has 2 fully saturated rings. The van der Waals surface area contributed by atoms with E-state index in [4.69, 9.17) is 5.11 Å². The lowest BCUT2D eigenvalue weighted by Crippen LogP contribution is -2.44. The molecule has 7 nitrogen and oxygen atoms in total. The van der Waals surface area contributed by atoms with Crippen LogP contribution in [0.15, 0.2) is 0 Å². The average molecular weight is 339 g/mol. The summed E-state index contributed by atoms with van der Waals surface area (Å²) in [5.41, 5.74) is 0. The van der Waals surface area contributed by atoms with Crippen LogP contribution < -0.4 is 10.6 Å². The van der Waals surface area contributed by atoms with Crippen LogP contribution in [0.4, 0.5) is 0 Å². The second kappa shape index (κ2) is 9.61. The van der Waals surface area contributed by atoms with Gasteiger partial charge in [0.05, 0.1) is 6.42 Å². The molecule has 7 heteroatoms. The van der Waals surface area contributed by atoms with Gasteiger partial charge in [0.15, 0.2) is 0 Å². The van der Waals surface area contributed by atoms with Gasteiger partial charge in [-0.15, -0.1) is 0 Å². The molecule has 0 bridgehead atoms. The van der Waals surface area contributed by atoms with Crippen LogP contribution in [0.25, 0.3) is 0 Å². The molecule has 2 rings (SSSR count). The first-order chi connectivity index (χ1) is 11.6. The van der Waals surface area contributed by atoms with E-state index >= 15 is 0 Å². The third kappa shape index (κ3) is 6.11. The highest BCUT2D eigenvalue weighted by Gasteiger charge is 2.30. The summed E-state index contributed by atoms with van der Waals surface area (Å²) in [6, 6.07) is 0. The molecular formula is C17H29N3O4. The number of amides is 2. The topological polar surface area (TPSA) is 98.7 Å². The lowest BCUT2D eigenvalue weighted by atomic mass is 9.91. The van der Waals surface area contributed by atoms with Gasteiger partial charge in [-0.05, 0) is 51.1 Å². The van der Waals surface area contributed by atoms with Gasteiger partial charge in [0.25, 0.3) is 0 Å². The van der Waals surface area contributed by atoms with Crippen LogP contribution in [-0.2, 0) is 14.4 Å². The van der Waals surface area contributed by atoms with E-state index in [9.17, 15) is 14.4 Å². The first-order valence-electron chi connectivity index (χ1n) is 9.04. The summed E-state index contributed by atoms with van der Waals surface area (Å²) in [4.78, 5) is 36.8. The van der Waals surface area contributed by atoms with E-state index in [-0.39, 0.29) is 37.1 Å². The highest BCUT2D eigenvalue weighted by atomic mass is 16.4. The predicted octanol–water partition coefficient (Wildman–Crippen LogP) is 0.596. The fourth-order valence-corrected chi connectivity index (χ4v) is 3.55. The lowest BCUT2D eigenvalue weighted by Gasteiger charge is -2.33. The average Bonchev–Trinajstić information content (AvgIpc) is 2.56. The maximum absolute atomic E-state index is 12.6. The van der Waals surface area contributed by atoms with Crippen LogP contribution in [0.1, 0.15) is 44.9 Å². The second-order valence-electron chi connectivity index (χ2n) is 6.84. The summed E-state index contributed by atoms with van der Waals surface area (Å²) in [7, 11) is 0. The quantitative estimate of drug-likeness (QED) is 0.601. The highest BCUT2D eigenvalue weighted by Crippen LogP contribution is 2.23. The minimum Gasteiger partial charge on any atom is -0.481 e. The van der Waals surface area contributed by atoms with Crippen molar-refractivity contribution in [1.29, 1.82) is 0 Å². The predicted molar refractivity (Wildman–Crippen MR) is 89.4 cm³/mol. The summed E-state index contributed by atoms with van der Waals surface area (Å²) in [6.45, 7) is 3.84. The van der Waals surface area contributed by atoms with E-state index in [0.29, 0.717) is 5.92 Å². The van der Waals surface area contributed by atoms with Crippen LogP contribution in [0.3, 0.4) is 0 Å². The van der Waals surface area contributed by atoms with E-state index < -0.39 is 5.97 Å². The first kappa shape index (κ1) is 18.7. The zero-order valence-electron chi connectivity index (χ0n) is 14.3. The molecule has 24 heavy (non-hydrogen) atoms. The molecule has 136 valence electrons. The molecule has 3 N–H and O–H groups in total. The Morgan fingerprint density at radius 3 is 2.71 bits per heavy atom. The van der Waals surface area contributed by atoms with Gasteiger partial charge in [-0.3, -0.25) is 14.4 Å². The summed E-state index contributed by atoms with van der Waals surface area (Å²) >= 11 is 0. The van der Waals surface area contributed by atoms with Crippen LogP contribution in [0.2, 0.25) is 0 Å². The number of aliphatic carboxylic acids is 1. The first-order valence-corrected chi connectivity index (χ1v) is 9.04. The maximum atomic E-state index is 12.6. The number of carbonyl (C=O) groups is 3. The van der Waals surface area contributed by atoms with Crippen molar-refractivity contribution in [3.05, 3.63) is 0 Å². The van der Waals surface area contributed by atoms with E-state index in [1.807, 2.05) is 4.90 Å². The number of hydrogen-bond donors (Lipinski definition) is 3. The van der Waals surface area contributed by atoms with Crippen LogP contribution >= 0.6 is 0 Å². The number of carbonyl (C=O) groups excluding carboxylic acids is 2. The Labute approximate surface area is 143 Å². The molecule has 2 saturated heterocycles. The van der Waals surface area contributed by atoms with Crippen molar-refractivity contribution in [2.24, 2.45) is 11.8 Å². The van der Waals surface area contributed by atoms with E-state index in [2.05, 4.69) is 10.6 Å². The van der Waals surface area contributed by atoms with Gasteiger partial charge in [0.1, 0.15) is 0 Å². The molecule has 0 aromatic rings. The molecule has 0 spiro atoms. The van der Waals surface area contributed by atoms with Gasteiger partial charge in [-0.2, -0.15) is 0 Å². The second-order valence-corrected chi connectivity index (χ2v) is 6.84. The lowest BCUT2D eigenvalue weighted by molar-refractivity contribution is -0.141. The van der Waals surface area contributed by atoms with Gasteiger partial charge < -0.3 is 20.6 Å². The van der Waals surface area contributed by atoms with Crippen LogP contribution in [0.5, 0.6) is 0 Å². The molecule has 0 aromatic carbocycles. The zero-order chi connectivity index (χ0) is 17.4. The number of hydrogen-bond acceptors (Lipinski definition) is 4. The molecule has 1 unspecified atom stereocenters. The van der Waals surface area contributed by atoms with Gasteiger partial charge in [-0.25, -0.2) is 0 Å². The Hall–Kier alpha value is -1.63. The molecule has 2 amide bonds. The van der Waals surface area contributed by atoms with E-state index in [1.165, 1.54) is 12.8 Å². The number of piperidine rings is 2. The Morgan fingerprint density at radius 1 is 1.25 bits per heavy atom. The fraction of sp³-hybridized carbons (Fsp3) is 0.824. The fourth-order valence-electron chi connectivity index (χ4n) is 3.55. The number of nitrogens with zero attached hydrogens (tertiary/aromatic N) is 1. The molecule has 0 radical (unpaired) electrons. The van der Waals surface area contributed by atoms with Crippen molar-refractivity contribution in [3.63, 3.8) is 0 Å². The van der Waals surface area contributed by atoms with Gasteiger partial charge in [0.2, 0.25) is 11.8 Å². The molecule has 0 aromatic heterocycles. The summed E-state index contributed by atoms with van der Waals surface area (Å²) in [6.07, 6.45) is 5.16. The molecule has 2 aliphatic rings. The Kier molecular flexibility index (Phi) is 7.49. The minimum absolute atomic E-state index is 0.0866. The number of rotatable bonds is 8. The van der Waals surface area contributed by atoms with E-state index in [1.54, 1.807) is 0 Å². The molecule has 1 atom stereocenters. The van der Waals surface area contributed by atoms with Crippen LogP contribution in [0, 0.1) is 11.8 Å². The maximum Gasteiger partial charge on any atom is 0.305 e. The standard InChI is InChI=1S/C17H29N3O4/c21-15(19-9-5-16(22)23)12-14-2-1-10-20(17(14)24)11-6-13-3-7-18-8-4-13/h13-14,18H,1-12H2,(H,19,21)(H,22,23). The van der Waals surface area contributed by atoms with Gasteiger partial charge >= 0.3 is 5.97 Å². The zero-order valence-corrected chi connectivity index (χ0v) is 14.3. The normalized spacial score (nSPS) is 22.4. The summed E-state index contributed by atoms with van der Waals surface area (Å²) in [5, 5.41) is 14.5. The Balaban J connectivity index is 1.72. The Morgan fingerprint density at radius 2 is 2.00 bits per heavy atom. The van der Waals surface area contributed by atoms with Crippen molar-refractivity contribution in [2.45, 2.75) is 44.9 Å². The number of carboxylic acids is 1. The van der Waals surface area contributed by atoms with E-state index in [0.717, 1.165) is 45.4 Å². The highest BCUT2D eigenvalue weighted by molar-refractivity contribution is 5.86. The largest absolute Gasteiger partial charge is 0.481 e. The monoisotopic (exact) mass is 339 g/mol. The van der Waals surface area contributed by atoms with Crippen molar-refractivity contribution in [1.82, 2.24) is 15.5 Å². The summed E-state index contributed by atoms with van der Waals surface area (Å²) < 4.78 is 0. The number of carboxylic acid groups (broad SMARTS) is 1. The van der Waals surface area contributed by atoms with Crippen molar-refractivity contribution < 1.29 is 19.5 Å². The molecule has 2 heterocycles. The molecular weight excluding hydrogens is 310 g/mol. The molecule has 2 aliphatic heterocycles. The smallest absolute Gasteiger partial charge is 0.305 e. The third-order valence-corrected chi connectivity index (χ3v) is 5.00. The Bertz CT molecular complexity index is 449.